The summed E-state index contributed by atoms with van der Waals surface area (Å²) in [7, 11) is 0. The van der Waals surface area contributed by atoms with Gasteiger partial charge in [0.25, 0.3) is 0 Å². The van der Waals surface area contributed by atoms with Gasteiger partial charge >= 0.3 is 5.97 Å². The fourth-order valence-corrected chi connectivity index (χ4v) is 2.59. The van der Waals surface area contributed by atoms with Crippen LogP contribution in [0.3, 0.4) is 0 Å². The molecule has 2 aromatic heterocycles. The molecule has 0 fully saturated rings. The maximum absolute atomic E-state index is 10.7. The van der Waals surface area contributed by atoms with Crippen LogP contribution in [0.5, 0.6) is 0 Å². The fraction of sp³-hybridized carbons (Fsp3) is 0.333. The zero-order chi connectivity index (χ0) is 13.8. The maximum Gasteiger partial charge on any atom is 0.358 e. The highest BCUT2D eigenvalue weighted by Gasteiger charge is 2.08. The topological polar surface area (TPSA) is 80.9 Å². The van der Waals surface area contributed by atoms with Gasteiger partial charge in [-0.2, -0.15) is 0 Å². The molecule has 6 nitrogen and oxygen atoms in total. The van der Waals surface area contributed by atoms with Crippen molar-refractivity contribution in [2.75, 3.05) is 5.75 Å². The lowest BCUT2D eigenvalue weighted by molar-refractivity contribution is 0.0690. The molecule has 0 aromatic carbocycles. The molecule has 0 bridgehead atoms. The molecular weight excluding hydrogens is 264 g/mol. The van der Waals surface area contributed by atoms with E-state index in [4.69, 9.17) is 5.11 Å². The second-order valence-electron chi connectivity index (χ2n) is 4.14. The van der Waals surface area contributed by atoms with E-state index in [1.165, 1.54) is 16.4 Å². The zero-order valence-corrected chi connectivity index (χ0v) is 11.5. The van der Waals surface area contributed by atoms with Crippen molar-refractivity contribution < 1.29 is 9.90 Å². The first-order valence-corrected chi connectivity index (χ1v) is 6.74. The van der Waals surface area contributed by atoms with Crippen molar-refractivity contribution >= 4 is 17.7 Å². The van der Waals surface area contributed by atoms with E-state index in [0.29, 0.717) is 6.54 Å². The molecule has 0 aliphatic rings. The number of aromatic carboxylic acids is 1. The Balaban J connectivity index is 1.90. The summed E-state index contributed by atoms with van der Waals surface area (Å²) in [4.78, 5) is 15.1. The van der Waals surface area contributed by atoms with Crippen molar-refractivity contribution in [3.63, 3.8) is 0 Å². The van der Waals surface area contributed by atoms with Crippen LogP contribution in [0.25, 0.3) is 0 Å². The van der Waals surface area contributed by atoms with E-state index in [-0.39, 0.29) is 5.69 Å². The lowest BCUT2D eigenvalue weighted by atomic mass is 10.3. The summed E-state index contributed by atoms with van der Waals surface area (Å²) in [5.41, 5.74) is 2.15. The van der Waals surface area contributed by atoms with Crippen LogP contribution in [-0.4, -0.2) is 36.8 Å². The van der Waals surface area contributed by atoms with Gasteiger partial charge < -0.3 is 5.11 Å². The lowest BCUT2D eigenvalue weighted by Crippen LogP contribution is -2.01. The summed E-state index contributed by atoms with van der Waals surface area (Å²) in [6, 6.07) is 4.06. The van der Waals surface area contributed by atoms with Crippen LogP contribution < -0.4 is 0 Å². The van der Waals surface area contributed by atoms with Gasteiger partial charge in [0.1, 0.15) is 0 Å². The van der Waals surface area contributed by atoms with Gasteiger partial charge in [-0.05, 0) is 31.5 Å². The summed E-state index contributed by atoms with van der Waals surface area (Å²) in [6.45, 7) is 4.60. The second-order valence-corrected chi connectivity index (χ2v) is 5.26. The van der Waals surface area contributed by atoms with Crippen molar-refractivity contribution in [3.8, 4) is 0 Å². The third-order valence-corrected chi connectivity index (χ3v) is 3.29. The minimum Gasteiger partial charge on any atom is -0.476 e. The first-order chi connectivity index (χ1) is 9.04. The Labute approximate surface area is 114 Å². The van der Waals surface area contributed by atoms with Crippen LogP contribution in [0, 0.1) is 13.8 Å². The molecule has 0 spiro atoms. The number of aryl methyl sites for hydroxylation is 3. The lowest BCUT2D eigenvalue weighted by Gasteiger charge is -2.03. The number of carbonyl (C=O) groups is 1. The minimum absolute atomic E-state index is 0.0328. The number of rotatable bonds is 5. The van der Waals surface area contributed by atoms with E-state index in [2.05, 4.69) is 15.3 Å². The van der Waals surface area contributed by atoms with Gasteiger partial charge in [-0.1, -0.05) is 5.21 Å². The maximum atomic E-state index is 10.7. The van der Waals surface area contributed by atoms with Gasteiger partial charge in [-0.25, -0.2) is 9.78 Å². The number of aromatic nitrogens is 4. The number of carboxylic acids is 1. The highest BCUT2D eigenvalue weighted by molar-refractivity contribution is 7.99. The number of hydrogen-bond acceptors (Lipinski definition) is 5. The Hall–Kier alpha value is -1.89. The van der Waals surface area contributed by atoms with Gasteiger partial charge in [-0.3, -0.25) is 4.68 Å². The standard InChI is InChI=1S/C12H14N4O2S/c1-8-5-9(2)13-11(6-8)19-4-3-16-7-10(12(17)18)14-15-16/h5-7H,3-4H2,1-2H3,(H,17,18). The average molecular weight is 278 g/mol. The molecule has 1 N–H and O–H groups in total. The predicted molar refractivity (Wildman–Crippen MR) is 71.4 cm³/mol. The largest absolute Gasteiger partial charge is 0.476 e. The van der Waals surface area contributed by atoms with E-state index in [9.17, 15) is 4.79 Å². The predicted octanol–water partition coefficient (Wildman–Crippen LogP) is 1.78. The molecule has 100 valence electrons. The SMILES string of the molecule is Cc1cc(C)nc(SCCn2cc(C(=O)O)nn2)c1. The van der Waals surface area contributed by atoms with Crippen LogP contribution in [0.1, 0.15) is 21.7 Å². The normalized spacial score (nSPS) is 10.6. The van der Waals surface area contributed by atoms with Crippen LogP contribution in [-0.2, 0) is 6.54 Å². The summed E-state index contributed by atoms with van der Waals surface area (Å²) in [5, 5.41) is 17.0. The molecular formula is C12H14N4O2S. The monoisotopic (exact) mass is 278 g/mol. The van der Waals surface area contributed by atoms with Gasteiger partial charge in [0.15, 0.2) is 5.69 Å². The molecule has 0 aliphatic carbocycles. The molecule has 0 unspecified atom stereocenters. The molecule has 2 heterocycles. The Morgan fingerprint density at radius 3 is 2.84 bits per heavy atom. The molecule has 2 rings (SSSR count). The van der Waals surface area contributed by atoms with Gasteiger partial charge in [0.05, 0.1) is 17.8 Å². The molecule has 19 heavy (non-hydrogen) atoms. The smallest absolute Gasteiger partial charge is 0.358 e. The van der Waals surface area contributed by atoms with E-state index in [1.54, 1.807) is 11.8 Å². The molecule has 0 atom stereocenters. The summed E-state index contributed by atoms with van der Waals surface area (Å²) < 4.78 is 1.53. The molecule has 0 amide bonds. The molecule has 0 saturated heterocycles. The highest BCUT2D eigenvalue weighted by atomic mass is 32.2. The number of carboxylic acid groups (broad SMARTS) is 1. The summed E-state index contributed by atoms with van der Waals surface area (Å²) in [5.74, 6) is -0.298. The van der Waals surface area contributed by atoms with Gasteiger partial charge in [0, 0.05) is 11.4 Å². The number of hydrogen-bond donors (Lipinski definition) is 1. The minimum atomic E-state index is -1.06. The van der Waals surface area contributed by atoms with Crippen molar-refractivity contribution in [1.29, 1.82) is 0 Å². The van der Waals surface area contributed by atoms with Crippen molar-refractivity contribution in [1.82, 2.24) is 20.0 Å². The van der Waals surface area contributed by atoms with Crippen molar-refractivity contribution in [2.45, 2.75) is 25.4 Å². The highest BCUT2D eigenvalue weighted by Crippen LogP contribution is 2.17. The third-order valence-electron chi connectivity index (χ3n) is 2.40. The molecule has 2 aromatic rings. The Morgan fingerprint density at radius 1 is 1.42 bits per heavy atom. The van der Waals surface area contributed by atoms with E-state index in [1.807, 2.05) is 26.0 Å². The van der Waals surface area contributed by atoms with Crippen LogP contribution >= 0.6 is 11.8 Å². The van der Waals surface area contributed by atoms with Crippen molar-refractivity contribution in [2.24, 2.45) is 0 Å². The fourth-order valence-electron chi connectivity index (χ4n) is 1.63. The molecule has 0 saturated carbocycles. The van der Waals surface area contributed by atoms with E-state index < -0.39 is 5.97 Å². The summed E-state index contributed by atoms with van der Waals surface area (Å²) in [6.07, 6.45) is 1.43. The average Bonchev–Trinajstić information content (AvgIpc) is 2.76. The third kappa shape index (κ3) is 3.78. The summed E-state index contributed by atoms with van der Waals surface area (Å²) >= 11 is 1.61. The quantitative estimate of drug-likeness (QED) is 0.840. The Morgan fingerprint density at radius 2 is 2.21 bits per heavy atom. The first-order valence-electron chi connectivity index (χ1n) is 5.76. The van der Waals surface area contributed by atoms with E-state index in [0.717, 1.165) is 16.5 Å². The van der Waals surface area contributed by atoms with Crippen LogP contribution in [0.15, 0.2) is 23.4 Å². The zero-order valence-electron chi connectivity index (χ0n) is 10.7. The molecule has 0 radical (unpaired) electrons. The molecule has 7 heteroatoms. The molecule has 0 aliphatic heterocycles. The number of pyridine rings is 1. The Kier molecular flexibility index (Phi) is 4.16. The number of thioether (sulfide) groups is 1. The van der Waals surface area contributed by atoms with E-state index >= 15 is 0 Å². The van der Waals surface area contributed by atoms with Gasteiger partial charge in [-0.15, -0.1) is 16.9 Å². The first kappa shape index (κ1) is 13.5. The van der Waals surface area contributed by atoms with Gasteiger partial charge in [0.2, 0.25) is 0 Å². The van der Waals surface area contributed by atoms with Crippen LogP contribution in [0.2, 0.25) is 0 Å². The Bertz CT molecular complexity index is 577. The number of nitrogens with zero attached hydrogens (tertiary/aromatic N) is 4. The second kappa shape index (κ2) is 5.83. The van der Waals surface area contributed by atoms with Crippen molar-refractivity contribution in [3.05, 3.63) is 35.3 Å². The van der Waals surface area contributed by atoms with Crippen LogP contribution in [0.4, 0.5) is 0 Å².